The molecular formula is C20H24N6O2S. The Labute approximate surface area is 172 Å². The predicted molar refractivity (Wildman–Crippen MR) is 114 cm³/mol. The zero-order valence-corrected chi connectivity index (χ0v) is 16.9. The topological polar surface area (TPSA) is 95.2 Å². The molecule has 0 saturated carbocycles. The van der Waals surface area contributed by atoms with Crippen LogP contribution in [0.15, 0.2) is 23.7 Å². The standard InChI is InChI=1S/C20H24N6O2S/c27-20(23-13-2-1-4-21-11-13)15-3-5-22-19-17(15)24-18(25-19)16-10-14(12-29-16)26-6-8-28-9-7-26/h3,5,10,12-13,21H,1-2,4,6-9,11H2,(H,23,27)(H,22,24,25)/t13-/m0/s1. The summed E-state index contributed by atoms with van der Waals surface area (Å²) >= 11 is 1.64. The van der Waals surface area contributed by atoms with Gasteiger partial charge in [-0.05, 0) is 31.5 Å². The summed E-state index contributed by atoms with van der Waals surface area (Å²) in [5, 5.41) is 8.59. The molecule has 9 heteroatoms. The van der Waals surface area contributed by atoms with Crippen LogP contribution in [0.2, 0.25) is 0 Å². The number of ether oxygens (including phenoxy) is 1. The van der Waals surface area contributed by atoms with Crippen LogP contribution in [0.1, 0.15) is 23.2 Å². The Morgan fingerprint density at radius 3 is 3.07 bits per heavy atom. The Kier molecular flexibility index (Phi) is 5.17. The first-order valence-corrected chi connectivity index (χ1v) is 10.9. The molecule has 0 unspecified atom stereocenters. The molecule has 0 spiro atoms. The number of aromatic amines is 1. The van der Waals surface area contributed by atoms with Gasteiger partial charge in [0, 0.05) is 42.9 Å². The fourth-order valence-electron chi connectivity index (χ4n) is 3.89. The van der Waals surface area contributed by atoms with E-state index in [9.17, 15) is 4.79 Å². The van der Waals surface area contributed by atoms with Crippen molar-refractivity contribution in [3.8, 4) is 10.7 Å². The number of thiophene rings is 1. The maximum Gasteiger partial charge on any atom is 0.253 e. The summed E-state index contributed by atoms with van der Waals surface area (Å²) in [7, 11) is 0. The summed E-state index contributed by atoms with van der Waals surface area (Å²) in [6.45, 7) is 5.15. The maximum absolute atomic E-state index is 12.8. The molecule has 5 rings (SSSR count). The third-order valence-corrected chi connectivity index (χ3v) is 6.38. The average molecular weight is 413 g/mol. The average Bonchev–Trinajstić information content (AvgIpc) is 3.42. The number of pyridine rings is 1. The summed E-state index contributed by atoms with van der Waals surface area (Å²) in [6.07, 6.45) is 3.73. The summed E-state index contributed by atoms with van der Waals surface area (Å²) < 4.78 is 5.44. The van der Waals surface area contributed by atoms with E-state index in [1.54, 1.807) is 23.6 Å². The number of aromatic nitrogens is 3. The predicted octanol–water partition coefficient (Wildman–Crippen LogP) is 2.00. The van der Waals surface area contributed by atoms with Crippen LogP contribution in [0.4, 0.5) is 5.69 Å². The highest BCUT2D eigenvalue weighted by Gasteiger charge is 2.21. The van der Waals surface area contributed by atoms with Crippen molar-refractivity contribution < 1.29 is 9.53 Å². The molecule has 0 aromatic carbocycles. The Bertz CT molecular complexity index is 1000. The highest BCUT2D eigenvalue weighted by Crippen LogP contribution is 2.32. The van der Waals surface area contributed by atoms with Crippen molar-refractivity contribution in [1.82, 2.24) is 25.6 Å². The van der Waals surface area contributed by atoms with E-state index >= 15 is 0 Å². The molecule has 8 nitrogen and oxygen atoms in total. The lowest BCUT2D eigenvalue weighted by molar-refractivity contribution is 0.0932. The minimum Gasteiger partial charge on any atom is -0.378 e. The Morgan fingerprint density at radius 1 is 1.34 bits per heavy atom. The lowest BCUT2D eigenvalue weighted by atomic mass is 10.1. The number of morpholine rings is 1. The number of rotatable bonds is 4. The number of piperidine rings is 1. The Morgan fingerprint density at radius 2 is 2.24 bits per heavy atom. The number of carbonyl (C=O) groups excluding carboxylic acids is 1. The molecule has 0 radical (unpaired) electrons. The minimum atomic E-state index is -0.0932. The molecule has 1 atom stereocenters. The van der Waals surface area contributed by atoms with Crippen LogP contribution in [0.5, 0.6) is 0 Å². The maximum atomic E-state index is 12.8. The molecule has 2 aliphatic heterocycles. The van der Waals surface area contributed by atoms with Gasteiger partial charge in [0.2, 0.25) is 0 Å². The first-order chi connectivity index (χ1) is 14.3. The first kappa shape index (κ1) is 18.5. The van der Waals surface area contributed by atoms with Gasteiger partial charge < -0.3 is 25.3 Å². The van der Waals surface area contributed by atoms with Gasteiger partial charge in [-0.15, -0.1) is 11.3 Å². The van der Waals surface area contributed by atoms with E-state index in [1.807, 2.05) is 0 Å². The van der Waals surface area contributed by atoms with E-state index in [2.05, 4.69) is 36.9 Å². The van der Waals surface area contributed by atoms with Gasteiger partial charge in [0.1, 0.15) is 11.3 Å². The largest absolute Gasteiger partial charge is 0.378 e. The molecule has 3 aromatic heterocycles. The number of fused-ring (bicyclic) bond motifs is 1. The monoisotopic (exact) mass is 412 g/mol. The molecule has 0 bridgehead atoms. The van der Waals surface area contributed by atoms with Gasteiger partial charge in [0.05, 0.1) is 23.7 Å². The normalized spacial score (nSPS) is 20.1. The van der Waals surface area contributed by atoms with Gasteiger partial charge >= 0.3 is 0 Å². The highest BCUT2D eigenvalue weighted by molar-refractivity contribution is 7.14. The summed E-state index contributed by atoms with van der Waals surface area (Å²) in [4.78, 5) is 28.6. The molecule has 2 aliphatic rings. The van der Waals surface area contributed by atoms with Gasteiger partial charge in [-0.3, -0.25) is 4.79 Å². The third-order valence-electron chi connectivity index (χ3n) is 5.46. The lowest BCUT2D eigenvalue weighted by Crippen LogP contribution is -2.45. The van der Waals surface area contributed by atoms with E-state index < -0.39 is 0 Å². The van der Waals surface area contributed by atoms with Crippen LogP contribution in [0, 0.1) is 0 Å². The van der Waals surface area contributed by atoms with Crippen LogP contribution < -0.4 is 15.5 Å². The van der Waals surface area contributed by atoms with Crippen molar-refractivity contribution in [3.63, 3.8) is 0 Å². The molecular weight excluding hydrogens is 388 g/mol. The van der Waals surface area contributed by atoms with Gasteiger partial charge in [0.15, 0.2) is 5.65 Å². The summed E-state index contributed by atoms with van der Waals surface area (Å²) in [5.74, 6) is 0.654. The first-order valence-electron chi connectivity index (χ1n) is 10.1. The molecule has 152 valence electrons. The van der Waals surface area contributed by atoms with Crippen molar-refractivity contribution in [2.45, 2.75) is 18.9 Å². The fourth-order valence-corrected chi connectivity index (χ4v) is 4.75. The summed E-state index contributed by atoms with van der Waals surface area (Å²) in [6, 6.07) is 4.04. The zero-order valence-electron chi connectivity index (χ0n) is 16.1. The smallest absolute Gasteiger partial charge is 0.253 e. The van der Waals surface area contributed by atoms with Crippen molar-refractivity contribution in [3.05, 3.63) is 29.3 Å². The molecule has 2 saturated heterocycles. The molecule has 1 amide bonds. The van der Waals surface area contributed by atoms with Crippen LogP contribution in [-0.2, 0) is 4.74 Å². The number of nitrogens with one attached hydrogen (secondary N) is 3. The van der Waals surface area contributed by atoms with Gasteiger partial charge in [-0.2, -0.15) is 0 Å². The Balaban J connectivity index is 1.40. The molecule has 3 N–H and O–H groups in total. The van der Waals surface area contributed by atoms with Crippen molar-refractivity contribution in [2.24, 2.45) is 0 Å². The van der Waals surface area contributed by atoms with E-state index in [-0.39, 0.29) is 11.9 Å². The second kappa shape index (κ2) is 8.10. The van der Waals surface area contributed by atoms with Crippen LogP contribution >= 0.6 is 11.3 Å². The Hall–Kier alpha value is -2.49. The SMILES string of the molecule is O=C(N[C@H]1CCCNC1)c1ccnc2[nH]c(-c3cc(N4CCOCC4)cs3)nc12. The van der Waals surface area contributed by atoms with Gasteiger partial charge in [-0.25, -0.2) is 9.97 Å². The van der Waals surface area contributed by atoms with E-state index in [1.165, 1.54) is 5.69 Å². The number of carbonyl (C=O) groups is 1. The van der Waals surface area contributed by atoms with E-state index in [0.29, 0.717) is 16.7 Å². The van der Waals surface area contributed by atoms with E-state index in [4.69, 9.17) is 9.72 Å². The number of imidazole rings is 1. The number of nitrogens with zero attached hydrogens (tertiary/aromatic N) is 3. The highest BCUT2D eigenvalue weighted by atomic mass is 32.1. The van der Waals surface area contributed by atoms with Crippen LogP contribution in [0.3, 0.4) is 0 Å². The lowest BCUT2D eigenvalue weighted by Gasteiger charge is -2.27. The number of H-pyrrole nitrogens is 1. The van der Waals surface area contributed by atoms with E-state index in [0.717, 1.165) is 62.9 Å². The summed E-state index contributed by atoms with van der Waals surface area (Å²) in [5.41, 5.74) is 3.00. The minimum absolute atomic E-state index is 0.0932. The fraction of sp³-hybridized carbons (Fsp3) is 0.450. The van der Waals surface area contributed by atoms with Gasteiger partial charge in [0.25, 0.3) is 5.91 Å². The molecule has 29 heavy (non-hydrogen) atoms. The van der Waals surface area contributed by atoms with Crippen molar-refractivity contribution >= 4 is 34.1 Å². The van der Waals surface area contributed by atoms with Crippen LogP contribution in [-0.4, -0.2) is 66.3 Å². The molecule has 5 heterocycles. The third kappa shape index (κ3) is 3.85. The van der Waals surface area contributed by atoms with Crippen molar-refractivity contribution in [1.29, 1.82) is 0 Å². The van der Waals surface area contributed by atoms with Gasteiger partial charge in [-0.1, -0.05) is 0 Å². The molecule has 0 aliphatic carbocycles. The second-order valence-corrected chi connectivity index (χ2v) is 8.34. The number of amides is 1. The molecule has 2 fully saturated rings. The number of hydrogen-bond acceptors (Lipinski definition) is 7. The number of anilines is 1. The molecule has 3 aromatic rings. The van der Waals surface area contributed by atoms with Crippen LogP contribution in [0.25, 0.3) is 21.9 Å². The van der Waals surface area contributed by atoms with Crippen molar-refractivity contribution in [2.75, 3.05) is 44.3 Å². The number of hydrogen-bond donors (Lipinski definition) is 3. The quantitative estimate of drug-likeness (QED) is 0.607. The zero-order chi connectivity index (χ0) is 19.6. The second-order valence-electron chi connectivity index (χ2n) is 7.43.